The molecule has 6 nitrogen and oxygen atoms in total. The minimum Gasteiger partial charge on any atom is -0.359 e. The van der Waals surface area contributed by atoms with Gasteiger partial charge in [0.05, 0.1) is 6.26 Å². The SMILES string of the molecule is CN=C(NC)NCC(C)(C)NS(C)(=O)=O. The van der Waals surface area contributed by atoms with Crippen LogP contribution in [-0.4, -0.2) is 46.8 Å². The predicted molar refractivity (Wildman–Crippen MR) is 62.5 cm³/mol. The first-order valence-corrected chi connectivity index (χ1v) is 6.47. The lowest BCUT2D eigenvalue weighted by molar-refractivity contribution is 0.447. The highest BCUT2D eigenvalue weighted by molar-refractivity contribution is 7.88. The van der Waals surface area contributed by atoms with Gasteiger partial charge in [-0.25, -0.2) is 13.1 Å². The smallest absolute Gasteiger partial charge is 0.209 e. The standard InChI is InChI=1S/C8H20N4O2S/c1-8(2,12-15(5,13)14)6-11-7(9-3)10-4/h12H,6H2,1-5H3,(H2,9,10,11). The molecule has 0 aromatic rings. The first-order valence-electron chi connectivity index (χ1n) is 4.57. The number of rotatable bonds is 4. The van der Waals surface area contributed by atoms with E-state index in [0.29, 0.717) is 12.5 Å². The highest BCUT2D eigenvalue weighted by Gasteiger charge is 2.21. The molecular weight excluding hydrogens is 216 g/mol. The van der Waals surface area contributed by atoms with E-state index in [9.17, 15) is 8.42 Å². The Balaban J connectivity index is 4.28. The van der Waals surface area contributed by atoms with Crippen LogP contribution in [0, 0.1) is 0 Å². The van der Waals surface area contributed by atoms with Crippen LogP contribution < -0.4 is 15.4 Å². The van der Waals surface area contributed by atoms with Crippen LogP contribution in [0.5, 0.6) is 0 Å². The summed E-state index contributed by atoms with van der Waals surface area (Å²) in [5, 5.41) is 5.84. The van der Waals surface area contributed by atoms with Crippen LogP contribution in [0.3, 0.4) is 0 Å². The Morgan fingerprint density at radius 3 is 2.27 bits per heavy atom. The van der Waals surface area contributed by atoms with Crippen LogP contribution in [0.15, 0.2) is 4.99 Å². The summed E-state index contributed by atoms with van der Waals surface area (Å²) in [6.45, 7) is 4.04. The van der Waals surface area contributed by atoms with Crippen LogP contribution in [0.4, 0.5) is 0 Å². The molecule has 0 saturated carbocycles. The van der Waals surface area contributed by atoms with E-state index in [2.05, 4.69) is 20.3 Å². The van der Waals surface area contributed by atoms with E-state index < -0.39 is 15.6 Å². The number of nitrogens with one attached hydrogen (secondary N) is 3. The van der Waals surface area contributed by atoms with E-state index in [-0.39, 0.29) is 0 Å². The van der Waals surface area contributed by atoms with Gasteiger partial charge in [-0.3, -0.25) is 4.99 Å². The molecule has 0 aromatic carbocycles. The van der Waals surface area contributed by atoms with Gasteiger partial charge in [0.25, 0.3) is 0 Å². The van der Waals surface area contributed by atoms with Crippen LogP contribution in [0.25, 0.3) is 0 Å². The lowest BCUT2D eigenvalue weighted by atomic mass is 10.1. The Labute approximate surface area is 91.6 Å². The van der Waals surface area contributed by atoms with Crippen LogP contribution in [0.1, 0.15) is 13.8 Å². The summed E-state index contributed by atoms with van der Waals surface area (Å²) in [6.07, 6.45) is 1.14. The monoisotopic (exact) mass is 236 g/mol. The third-order valence-corrected chi connectivity index (χ3v) is 2.54. The number of hydrogen-bond acceptors (Lipinski definition) is 3. The van der Waals surface area contributed by atoms with Crippen molar-refractivity contribution in [3.05, 3.63) is 0 Å². The van der Waals surface area contributed by atoms with Crippen molar-refractivity contribution in [2.45, 2.75) is 19.4 Å². The van der Waals surface area contributed by atoms with Crippen molar-refractivity contribution >= 4 is 16.0 Å². The lowest BCUT2D eigenvalue weighted by Crippen LogP contribution is -2.52. The van der Waals surface area contributed by atoms with Crippen molar-refractivity contribution in [2.24, 2.45) is 4.99 Å². The van der Waals surface area contributed by atoms with Gasteiger partial charge in [0, 0.05) is 26.2 Å². The lowest BCUT2D eigenvalue weighted by Gasteiger charge is -2.26. The minimum atomic E-state index is -3.19. The summed E-state index contributed by atoms with van der Waals surface area (Å²) in [6, 6.07) is 0. The van der Waals surface area contributed by atoms with E-state index >= 15 is 0 Å². The summed E-state index contributed by atoms with van der Waals surface area (Å²) in [5.41, 5.74) is -0.555. The fourth-order valence-corrected chi connectivity index (χ4v) is 2.20. The Morgan fingerprint density at radius 2 is 1.93 bits per heavy atom. The van der Waals surface area contributed by atoms with Crippen molar-refractivity contribution in [3.8, 4) is 0 Å². The molecule has 90 valence electrons. The molecule has 0 bridgehead atoms. The number of sulfonamides is 1. The molecule has 7 heteroatoms. The highest BCUT2D eigenvalue weighted by atomic mass is 32.2. The predicted octanol–water partition coefficient (Wildman–Crippen LogP) is -0.891. The molecule has 3 N–H and O–H groups in total. The minimum absolute atomic E-state index is 0.452. The Morgan fingerprint density at radius 1 is 1.40 bits per heavy atom. The van der Waals surface area contributed by atoms with E-state index in [1.165, 1.54) is 0 Å². The van der Waals surface area contributed by atoms with Gasteiger partial charge in [0.1, 0.15) is 0 Å². The average molecular weight is 236 g/mol. The fraction of sp³-hybridized carbons (Fsp3) is 0.875. The molecule has 0 saturated heterocycles. The summed E-state index contributed by atoms with van der Waals surface area (Å²) >= 11 is 0. The third kappa shape index (κ3) is 7.15. The van der Waals surface area contributed by atoms with Gasteiger partial charge < -0.3 is 10.6 Å². The molecule has 0 aliphatic heterocycles. The maximum atomic E-state index is 11.0. The van der Waals surface area contributed by atoms with Gasteiger partial charge >= 0.3 is 0 Å². The summed E-state index contributed by atoms with van der Waals surface area (Å²) in [5.74, 6) is 0.623. The first kappa shape index (κ1) is 14.2. The maximum Gasteiger partial charge on any atom is 0.209 e. The van der Waals surface area contributed by atoms with E-state index in [0.717, 1.165) is 6.26 Å². The second-order valence-electron chi connectivity index (χ2n) is 3.93. The van der Waals surface area contributed by atoms with Gasteiger partial charge in [-0.2, -0.15) is 0 Å². The van der Waals surface area contributed by atoms with E-state index in [4.69, 9.17) is 0 Å². The Kier molecular flexibility index (Phi) is 5.02. The Bertz CT molecular complexity index is 322. The van der Waals surface area contributed by atoms with E-state index in [1.54, 1.807) is 27.9 Å². The fourth-order valence-electron chi connectivity index (χ4n) is 1.12. The quantitative estimate of drug-likeness (QED) is 0.437. The molecule has 0 atom stereocenters. The Hall–Kier alpha value is -0.820. The van der Waals surface area contributed by atoms with Gasteiger partial charge in [0.15, 0.2) is 5.96 Å². The van der Waals surface area contributed by atoms with Crippen molar-refractivity contribution in [1.82, 2.24) is 15.4 Å². The molecule has 0 radical (unpaired) electrons. The number of guanidine groups is 1. The molecule has 0 rings (SSSR count). The molecule has 0 heterocycles. The molecular formula is C8H20N4O2S. The largest absolute Gasteiger partial charge is 0.359 e. The van der Waals surface area contributed by atoms with Crippen LogP contribution >= 0.6 is 0 Å². The second-order valence-corrected chi connectivity index (χ2v) is 5.68. The number of aliphatic imine (C=N–C) groups is 1. The molecule has 15 heavy (non-hydrogen) atoms. The van der Waals surface area contributed by atoms with Crippen molar-refractivity contribution in [1.29, 1.82) is 0 Å². The van der Waals surface area contributed by atoms with Gasteiger partial charge in [0.2, 0.25) is 10.0 Å². The molecule has 0 aromatic heterocycles. The number of hydrogen-bond donors (Lipinski definition) is 3. The molecule has 0 aliphatic rings. The zero-order valence-electron chi connectivity index (χ0n) is 9.88. The summed E-state index contributed by atoms with van der Waals surface area (Å²) in [4.78, 5) is 3.92. The third-order valence-electron chi connectivity index (χ3n) is 1.62. The van der Waals surface area contributed by atoms with E-state index in [1.807, 2.05) is 0 Å². The van der Waals surface area contributed by atoms with Crippen molar-refractivity contribution < 1.29 is 8.42 Å². The summed E-state index contributed by atoms with van der Waals surface area (Å²) in [7, 11) is 0.198. The normalized spacial score (nSPS) is 13.8. The number of nitrogens with zero attached hydrogens (tertiary/aromatic N) is 1. The molecule has 0 aliphatic carbocycles. The summed E-state index contributed by atoms with van der Waals surface area (Å²) < 4.78 is 24.6. The zero-order valence-corrected chi connectivity index (χ0v) is 10.7. The molecule has 0 amide bonds. The second kappa shape index (κ2) is 5.32. The topological polar surface area (TPSA) is 82.6 Å². The van der Waals surface area contributed by atoms with Gasteiger partial charge in [-0.15, -0.1) is 0 Å². The van der Waals surface area contributed by atoms with Crippen molar-refractivity contribution in [2.75, 3.05) is 26.9 Å². The highest BCUT2D eigenvalue weighted by Crippen LogP contribution is 2.01. The van der Waals surface area contributed by atoms with Gasteiger partial charge in [-0.1, -0.05) is 0 Å². The first-order chi connectivity index (χ1) is 6.70. The molecule has 0 fully saturated rings. The zero-order chi connectivity index (χ0) is 12.1. The maximum absolute atomic E-state index is 11.0. The van der Waals surface area contributed by atoms with Gasteiger partial charge in [-0.05, 0) is 13.8 Å². The van der Waals surface area contributed by atoms with Crippen LogP contribution in [-0.2, 0) is 10.0 Å². The molecule has 0 unspecified atom stereocenters. The molecule has 0 spiro atoms. The van der Waals surface area contributed by atoms with Crippen LogP contribution in [0.2, 0.25) is 0 Å². The van der Waals surface area contributed by atoms with Crippen molar-refractivity contribution in [3.63, 3.8) is 0 Å². The average Bonchev–Trinajstić information content (AvgIpc) is 2.01.